The highest BCUT2D eigenvalue weighted by Crippen LogP contribution is 2.20. The van der Waals surface area contributed by atoms with Gasteiger partial charge in [-0.05, 0) is 12.1 Å². The van der Waals surface area contributed by atoms with Gasteiger partial charge in [0.05, 0.1) is 10.6 Å². The second kappa shape index (κ2) is 3.97. The third kappa shape index (κ3) is 1.79. The summed E-state index contributed by atoms with van der Waals surface area (Å²) in [6.07, 6.45) is 2.28. The van der Waals surface area contributed by atoms with Crippen molar-refractivity contribution in [1.82, 2.24) is 14.8 Å². The van der Waals surface area contributed by atoms with Crippen LogP contribution in [-0.4, -0.2) is 20.7 Å². The molecule has 0 aliphatic carbocycles. The largest absolute Gasteiger partial charge is 0.281 e. The molecule has 1 aromatic heterocycles. The number of halogens is 3. The van der Waals surface area contributed by atoms with Crippen LogP contribution in [0.2, 0.25) is 5.02 Å². The van der Waals surface area contributed by atoms with E-state index in [-0.39, 0.29) is 10.6 Å². The lowest BCUT2D eigenvalue weighted by atomic mass is 10.2. The van der Waals surface area contributed by atoms with Crippen LogP contribution in [0.5, 0.6) is 0 Å². The van der Waals surface area contributed by atoms with Gasteiger partial charge in [0.15, 0.2) is 11.6 Å². The number of rotatable bonds is 1. The summed E-state index contributed by atoms with van der Waals surface area (Å²) in [5.74, 6) is -2.94. The van der Waals surface area contributed by atoms with Gasteiger partial charge in [0, 0.05) is 0 Å². The van der Waals surface area contributed by atoms with Crippen LogP contribution in [0.1, 0.15) is 10.4 Å². The fourth-order valence-electron chi connectivity index (χ4n) is 1.12. The number of carbonyl (C=O) groups excluding carboxylic acids is 1. The van der Waals surface area contributed by atoms with Crippen molar-refractivity contribution in [3.8, 4) is 0 Å². The SMILES string of the molecule is O=C(c1cc(F)c(F)cc1Cl)n1cncn1. The zero-order chi connectivity index (χ0) is 11.7. The highest BCUT2D eigenvalue weighted by Gasteiger charge is 2.16. The normalized spacial score (nSPS) is 10.4. The van der Waals surface area contributed by atoms with Crippen molar-refractivity contribution in [1.29, 1.82) is 0 Å². The molecule has 16 heavy (non-hydrogen) atoms. The zero-order valence-corrected chi connectivity index (χ0v) is 8.45. The minimum Gasteiger partial charge on any atom is -0.267 e. The number of hydrogen-bond acceptors (Lipinski definition) is 3. The molecule has 0 saturated heterocycles. The quantitative estimate of drug-likeness (QED) is 0.719. The van der Waals surface area contributed by atoms with Crippen LogP contribution in [0.3, 0.4) is 0 Å². The summed E-state index contributed by atoms with van der Waals surface area (Å²) in [7, 11) is 0. The molecule has 82 valence electrons. The smallest absolute Gasteiger partial charge is 0.267 e. The number of benzene rings is 1. The summed E-state index contributed by atoms with van der Waals surface area (Å²) in [6, 6.07) is 1.46. The van der Waals surface area contributed by atoms with Gasteiger partial charge >= 0.3 is 0 Å². The molecule has 0 radical (unpaired) electrons. The molecule has 0 fully saturated rings. The molecule has 0 unspecified atom stereocenters. The Labute approximate surface area is 93.5 Å². The molecule has 0 aliphatic heterocycles. The van der Waals surface area contributed by atoms with E-state index in [0.717, 1.165) is 29.5 Å². The molecule has 0 atom stereocenters. The molecule has 4 nitrogen and oxygen atoms in total. The highest BCUT2D eigenvalue weighted by atomic mass is 35.5. The van der Waals surface area contributed by atoms with E-state index in [9.17, 15) is 13.6 Å². The molecule has 0 amide bonds. The van der Waals surface area contributed by atoms with E-state index in [2.05, 4.69) is 10.1 Å². The third-order valence-corrected chi connectivity index (χ3v) is 2.18. The second-order valence-corrected chi connectivity index (χ2v) is 3.30. The molecule has 0 bridgehead atoms. The van der Waals surface area contributed by atoms with E-state index in [1.165, 1.54) is 0 Å². The van der Waals surface area contributed by atoms with Crippen LogP contribution < -0.4 is 0 Å². The third-order valence-electron chi connectivity index (χ3n) is 1.87. The fourth-order valence-corrected chi connectivity index (χ4v) is 1.35. The van der Waals surface area contributed by atoms with Crippen molar-refractivity contribution in [2.45, 2.75) is 0 Å². The van der Waals surface area contributed by atoms with Crippen molar-refractivity contribution in [2.75, 3.05) is 0 Å². The van der Waals surface area contributed by atoms with Crippen molar-refractivity contribution in [3.63, 3.8) is 0 Å². The van der Waals surface area contributed by atoms with Crippen molar-refractivity contribution in [2.24, 2.45) is 0 Å². The summed E-state index contributed by atoms with van der Waals surface area (Å²) < 4.78 is 26.6. The predicted molar refractivity (Wildman–Crippen MR) is 51.1 cm³/mol. The van der Waals surface area contributed by atoms with E-state index in [1.54, 1.807) is 0 Å². The Balaban J connectivity index is 2.49. The molecule has 0 aliphatic rings. The highest BCUT2D eigenvalue weighted by molar-refractivity contribution is 6.33. The molecule has 0 N–H and O–H groups in total. The lowest BCUT2D eigenvalue weighted by Crippen LogP contribution is -2.13. The zero-order valence-electron chi connectivity index (χ0n) is 7.69. The molecule has 0 spiro atoms. The Kier molecular flexibility index (Phi) is 2.66. The lowest BCUT2D eigenvalue weighted by Gasteiger charge is -2.03. The monoisotopic (exact) mass is 243 g/mol. The van der Waals surface area contributed by atoms with Crippen LogP contribution in [0, 0.1) is 11.6 Å². The minimum atomic E-state index is -1.15. The van der Waals surface area contributed by atoms with Crippen LogP contribution in [-0.2, 0) is 0 Å². The number of nitrogens with zero attached hydrogens (tertiary/aromatic N) is 3. The first-order valence-electron chi connectivity index (χ1n) is 4.13. The van der Waals surface area contributed by atoms with Gasteiger partial charge in [-0.15, -0.1) is 0 Å². The molecule has 2 aromatic rings. The Morgan fingerprint density at radius 1 is 1.31 bits per heavy atom. The van der Waals surface area contributed by atoms with Crippen molar-refractivity contribution < 1.29 is 13.6 Å². The van der Waals surface area contributed by atoms with Crippen molar-refractivity contribution in [3.05, 3.63) is 47.0 Å². The van der Waals surface area contributed by atoms with Gasteiger partial charge in [0.25, 0.3) is 5.91 Å². The number of aromatic nitrogens is 3. The minimum absolute atomic E-state index is 0.175. The maximum absolute atomic E-state index is 12.9. The second-order valence-electron chi connectivity index (χ2n) is 2.89. The molecular weight excluding hydrogens is 240 g/mol. The average Bonchev–Trinajstić information content (AvgIpc) is 2.75. The van der Waals surface area contributed by atoms with E-state index >= 15 is 0 Å². The van der Waals surface area contributed by atoms with E-state index in [1.807, 2.05) is 0 Å². The first kappa shape index (κ1) is 10.7. The molecule has 2 rings (SSSR count). The summed E-state index contributed by atoms with van der Waals surface area (Å²) in [5, 5.41) is 3.39. The van der Waals surface area contributed by atoms with Gasteiger partial charge in [-0.1, -0.05) is 11.6 Å². The van der Waals surface area contributed by atoms with Gasteiger partial charge in [-0.3, -0.25) is 4.79 Å². The Morgan fingerprint density at radius 2 is 2.00 bits per heavy atom. The van der Waals surface area contributed by atoms with Gasteiger partial charge in [-0.2, -0.15) is 9.78 Å². The average molecular weight is 244 g/mol. The van der Waals surface area contributed by atoms with E-state index in [0.29, 0.717) is 0 Å². The molecule has 1 heterocycles. The number of hydrogen-bond donors (Lipinski definition) is 0. The molecular formula is C9H4ClF2N3O. The Bertz CT molecular complexity index is 542. The van der Waals surface area contributed by atoms with Gasteiger partial charge in [0.1, 0.15) is 12.7 Å². The van der Waals surface area contributed by atoms with Crippen LogP contribution in [0.15, 0.2) is 24.8 Å². The van der Waals surface area contributed by atoms with Crippen LogP contribution >= 0.6 is 11.6 Å². The summed E-state index contributed by atoms with van der Waals surface area (Å²) in [6.45, 7) is 0. The maximum atomic E-state index is 12.9. The summed E-state index contributed by atoms with van der Waals surface area (Å²) >= 11 is 5.62. The van der Waals surface area contributed by atoms with Gasteiger partial charge < -0.3 is 0 Å². The van der Waals surface area contributed by atoms with Crippen LogP contribution in [0.4, 0.5) is 8.78 Å². The molecule has 0 saturated carbocycles. The number of carbonyl (C=O) groups is 1. The van der Waals surface area contributed by atoms with Crippen molar-refractivity contribution >= 4 is 17.5 Å². The fraction of sp³-hybridized carbons (Fsp3) is 0. The molecule has 1 aromatic carbocycles. The van der Waals surface area contributed by atoms with Gasteiger partial charge in [-0.25, -0.2) is 13.8 Å². The first-order valence-corrected chi connectivity index (χ1v) is 4.51. The van der Waals surface area contributed by atoms with Crippen LogP contribution in [0.25, 0.3) is 0 Å². The Morgan fingerprint density at radius 3 is 2.62 bits per heavy atom. The molecule has 7 heteroatoms. The Hall–Kier alpha value is -1.82. The summed E-state index contributed by atoms with van der Waals surface area (Å²) in [4.78, 5) is 15.2. The topological polar surface area (TPSA) is 47.8 Å². The maximum Gasteiger partial charge on any atom is 0.281 e. The van der Waals surface area contributed by atoms with E-state index < -0.39 is 17.5 Å². The van der Waals surface area contributed by atoms with E-state index in [4.69, 9.17) is 11.6 Å². The lowest BCUT2D eigenvalue weighted by molar-refractivity contribution is 0.0944. The first-order chi connectivity index (χ1) is 7.59. The predicted octanol–water partition coefficient (Wildman–Crippen LogP) is 1.90. The standard InChI is InChI=1S/C9H4ClF2N3O/c10-6-2-8(12)7(11)1-5(6)9(16)15-4-13-3-14-15/h1-4H. The summed E-state index contributed by atoms with van der Waals surface area (Å²) in [5.41, 5.74) is -0.175. The van der Waals surface area contributed by atoms with Gasteiger partial charge in [0.2, 0.25) is 0 Å².